The highest BCUT2D eigenvalue weighted by Gasteiger charge is 2.31. The number of alkyl halides is 3. The van der Waals surface area contributed by atoms with Crippen LogP contribution in [0.2, 0.25) is 0 Å². The molecule has 0 atom stereocenters. The predicted molar refractivity (Wildman–Crippen MR) is 114 cm³/mol. The highest BCUT2D eigenvalue weighted by molar-refractivity contribution is 8.00. The summed E-state index contributed by atoms with van der Waals surface area (Å²) in [5.74, 6) is -1.11. The van der Waals surface area contributed by atoms with E-state index in [1.807, 2.05) is 12.1 Å². The van der Waals surface area contributed by atoms with Gasteiger partial charge in [0.15, 0.2) is 0 Å². The molecule has 3 aromatic rings. The lowest BCUT2D eigenvalue weighted by molar-refractivity contribution is -0.274. The van der Waals surface area contributed by atoms with Crippen molar-refractivity contribution < 1.29 is 22.7 Å². The van der Waals surface area contributed by atoms with Gasteiger partial charge >= 0.3 is 6.36 Å². The molecule has 0 aliphatic heterocycles. The Morgan fingerprint density at radius 1 is 1.19 bits per heavy atom. The number of nitrogens with two attached hydrogens (primary N) is 1. The van der Waals surface area contributed by atoms with Gasteiger partial charge in [0.25, 0.3) is 0 Å². The van der Waals surface area contributed by atoms with Gasteiger partial charge in [-0.25, -0.2) is 4.98 Å². The third kappa shape index (κ3) is 5.49. The van der Waals surface area contributed by atoms with E-state index in [2.05, 4.69) is 15.0 Å². The zero-order valence-electron chi connectivity index (χ0n) is 15.9. The summed E-state index contributed by atoms with van der Waals surface area (Å²) < 4.78 is 40.4. The van der Waals surface area contributed by atoms with Gasteiger partial charge in [-0.3, -0.25) is 4.79 Å². The fourth-order valence-corrected chi connectivity index (χ4v) is 4.11. The first kappa shape index (κ1) is 22.9. The highest BCUT2D eigenvalue weighted by Crippen LogP contribution is 2.36. The smallest absolute Gasteiger partial charge is 0.406 e. The number of carbonyl (C=O) groups excluding carboxylic acids is 1. The van der Waals surface area contributed by atoms with Crippen LogP contribution in [0, 0.1) is 22.7 Å². The number of ether oxygens (including phenoxy) is 1. The summed E-state index contributed by atoms with van der Waals surface area (Å²) in [5.41, 5.74) is 7.37. The van der Waals surface area contributed by atoms with Crippen LogP contribution in [0.15, 0.2) is 46.1 Å². The first-order valence-electron chi connectivity index (χ1n) is 8.66. The maximum Gasteiger partial charge on any atom is 0.573 e. The summed E-state index contributed by atoms with van der Waals surface area (Å²) in [7, 11) is 0. The summed E-state index contributed by atoms with van der Waals surface area (Å²) >= 11 is 2.34. The minimum absolute atomic E-state index is 0.0594. The molecule has 12 heteroatoms. The van der Waals surface area contributed by atoms with Crippen LogP contribution in [-0.2, 0) is 4.79 Å². The molecule has 0 radical (unpaired) electrons. The molecular weight excluding hydrogens is 463 g/mol. The lowest BCUT2D eigenvalue weighted by Crippen LogP contribution is -2.17. The van der Waals surface area contributed by atoms with Crippen molar-refractivity contribution in [3.63, 3.8) is 0 Å². The minimum Gasteiger partial charge on any atom is -0.406 e. The van der Waals surface area contributed by atoms with Crippen molar-refractivity contribution in [2.24, 2.45) is 0 Å². The Kier molecular flexibility index (Phi) is 6.88. The first-order valence-corrected chi connectivity index (χ1v) is 10.6. The van der Waals surface area contributed by atoms with Crippen LogP contribution >= 0.6 is 23.1 Å². The van der Waals surface area contributed by atoms with Crippen molar-refractivity contribution in [1.82, 2.24) is 4.98 Å². The Morgan fingerprint density at radius 3 is 2.44 bits per heavy atom. The Balaban J connectivity index is 1.75. The number of pyridine rings is 1. The standard InChI is InChI=1S/C20H12F3N5O2S2/c21-20(22,23)30-13-3-1-12(2-4-13)27-16(29)10-32-19-15(8-25)17(11-5-6-31-9-11)14(7-24)18(26)28-19/h1-6,9H,10H2,(H2,26,28)(H,27,29). The fraction of sp³-hybridized carbons (Fsp3) is 0.100. The molecule has 7 nitrogen and oxygen atoms in total. The predicted octanol–water partition coefficient (Wildman–Crippen LogP) is 4.77. The lowest BCUT2D eigenvalue weighted by atomic mass is 9.99. The van der Waals surface area contributed by atoms with E-state index < -0.39 is 18.0 Å². The lowest BCUT2D eigenvalue weighted by Gasteiger charge is -2.12. The zero-order chi connectivity index (χ0) is 23.3. The quantitative estimate of drug-likeness (QED) is 0.492. The van der Waals surface area contributed by atoms with Crippen LogP contribution in [0.5, 0.6) is 5.75 Å². The van der Waals surface area contributed by atoms with Crippen molar-refractivity contribution in [2.45, 2.75) is 11.4 Å². The van der Waals surface area contributed by atoms with E-state index in [1.54, 1.807) is 16.8 Å². The number of halogens is 3. The molecule has 3 N–H and O–H groups in total. The summed E-state index contributed by atoms with van der Waals surface area (Å²) in [5, 5.41) is 25.4. The minimum atomic E-state index is -4.81. The van der Waals surface area contributed by atoms with E-state index in [0.29, 0.717) is 11.1 Å². The Morgan fingerprint density at radius 2 is 1.88 bits per heavy atom. The second kappa shape index (κ2) is 9.60. The van der Waals surface area contributed by atoms with Gasteiger partial charge in [0.1, 0.15) is 34.3 Å². The number of nitrogens with one attached hydrogen (secondary N) is 1. The third-order valence-corrected chi connectivity index (χ3v) is 5.60. The number of thiophene rings is 1. The number of rotatable bonds is 6. The molecule has 0 fully saturated rings. The van der Waals surface area contributed by atoms with Gasteiger partial charge in [0.05, 0.1) is 11.3 Å². The summed E-state index contributed by atoms with van der Waals surface area (Å²) in [6, 6.07) is 10.4. The summed E-state index contributed by atoms with van der Waals surface area (Å²) in [6.07, 6.45) is -4.81. The van der Waals surface area contributed by atoms with E-state index in [0.717, 1.165) is 23.9 Å². The molecule has 0 unspecified atom stereocenters. The Hall–Kier alpha value is -3.74. The average Bonchev–Trinajstić information content (AvgIpc) is 3.26. The molecule has 0 saturated heterocycles. The van der Waals surface area contributed by atoms with Crippen molar-refractivity contribution >= 4 is 40.5 Å². The van der Waals surface area contributed by atoms with Gasteiger partial charge in [0, 0.05) is 11.3 Å². The topological polar surface area (TPSA) is 125 Å². The molecule has 1 aromatic carbocycles. The van der Waals surface area contributed by atoms with Crippen molar-refractivity contribution in [1.29, 1.82) is 10.5 Å². The van der Waals surface area contributed by atoms with Crippen LogP contribution in [0.3, 0.4) is 0 Å². The number of amides is 1. The molecule has 2 aromatic heterocycles. The van der Waals surface area contributed by atoms with Crippen LogP contribution in [0.25, 0.3) is 11.1 Å². The number of nitrogen functional groups attached to an aromatic ring is 1. The van der Waals surface area contributed by atoms with Crippen molar-refractivity contribution in [2.75, 3.05) is 16.8 Å². The number of nitrogens with zero attached hydrogens (tertiary/aromatic N) is 3. The number of hydrogen-bond donors (Lipinski definition) is 2. The summed E-state index contributed by atoms with van der Waals surface area (Å²) in [4.78, 5) is 16.4. The molecule has 162 valence electrons. The molecule has 32 heavy (non-hydrogen) atoms. The largest absolute Gasteiger partial charge is 0.573 e. The summed E-state index contributed by atoms with van der Waals surface area (Å²) in [6.45, 7) is 0. The normalized spacial score (nSPS) is 10.8. The molecule has 0 aliphatic carbocycles. The number of thioether (sulfide) groups is 1. The van der Waals surface area contributed by atoms with Crippen LogP contribution in [-0.4, -0.2) is 23.0 Å². The van der Waals surface area contributed by atoms with Gasteiger partial charge in [0.2, 0.25) is 5.91 Å². The number of anilines is 2. The average molecular weight is 475 g/mol. The van der Waals surface area contributed by atoms with Gasteiger partial charge < -0.3 is 15.8 Å². The van der Waals surface area contributed by atoms with Gasteiger partial charge in [-0.1, -0.05) is 11.8 Å². The van der Waals surface area contributed by atoms with Gasteiger partial charge in [-0.05, 0) is 46.7 Å². The molecule has 1 amide bonds. The van der Waals surface area contributed by atoms with Gasteiger partial charge in [-0.2, -0.15) is 21.9 Å². The zero-order valence-corrected chi connectivity index (χ0v) is 17.6. The maximum absolute atomic E-state index is 12.3. The fourth-order valence-electron chi connectivity index (χ4n) is 2.67. The van der Waals surface area contributed by atoms with E-state index in [1.165, 1.54) is 23.5 Å². The molecule has 0 bridgehead atoms. The van der Waals surface area contributed by atoms with Crippen molar-refractivity contribution in [3.8, 4) is 29.0 Å². The van der Waals surface area contributed by atoms with Crippen LogP contribution in [0.1, 0.15) is 11.1 Å². The molecule has 0 aliphatic rings. The van der Waals surface area contributed by atoms with E-state index >= 15 is 0 Å². The number of aromatic nitrogens is 1. The number of benzene rings is 1. The van der Waals surface area contributed by atoms with E-state index in [9.17, 15) is 28.5 Å². The Bertz CT molecular complexity index is 1210. The first-order chi connectivity index (χ1) is 15.2. The molecular formula is C20H12F3N5O2S2. The number of hydrogen-bond acceptors (Lipinski definition) is 8. The Labute approximate surface area is 188 Å². The highest BCUT2D eigenvalue weighted by atomic mass is 32.2. The van der Waals surface area contributed by atoms with Crippen molar-refractivity contribution in [3.05, 3.63) is 52.2 Å². The number of nitriles is 2. The third-order valence-electron chi connectivity index (χ3n) is 3.94. The number of carbonyl (C=O) groups is 1. The van der Waals surface area contributed by atoms with Crippen LogP contribution < -0.4 is 15.8 Å². The second-order valence-corrected chi connectivity index (χ2v) is 7.82. The second-order valence-electron chi connectivity index (χ2n) is 6.07. The van der Waals surface area contributed by atoms with E-state index in [4.69, 9.17) is 5.73 Å². The SMILES string of the molecule is N#Cc1c(N)nc(SCC(=O)Nc2ccc(OC(F)(F)F)cc2)c(C#N)c1-c1ccsc1. The maximum atomic E-state index is 12.3. The monoisotopic (exact) mass is 475 g/mol. The molecule has 3 rings (SSSR count). The van der Waals surface area contributed by atoms with E-state index in [-0.39, 0.29) is 33.4 Å². The van der Waals surface area contributed by atoms with Gasteiger partial charge in [-0.15, -0.1) is 13.2 Å². The molecule has 2 heterocycles. The van der Waals surface area contributed by atoms with Crippen LogP contribution in [0.4, 0.5) is 24.7 Å². The molecule has 0 saturated carbocycles. The molecule has 0 spiro atoms.